The molecule has 24 nitrogen and oxygen atoms in total. The number of Topliss-reactive ketones (excluding diaryl/α,β-unsaturated/α-hetero) is 6. The van der Waals surface area contributed by atoms with Gasteiger partial charge in [-0.25, -0.2) is 0 Å². The van der Waals surface area contributed by atoms with Crippen LogP contribution in [0.4, 0.5) is 0 Å². The minimum absolute atomic E-state index is 0.0232. The van der Waals surface area contributed by atoms with Gasteiger partial charge in [0.05, 0.1) is 113 Å². The van der Waals surface area contributed by atoms with Gasteiger partial charge in [-0.15, -0.1) is 68.0 Å². The van der Waals surface area contributed by atoms with E-state index in [2.05, 4.69) is 95.5 Å². The molecular weight excluding hydrogens is 2060 g/mol. The van der Waals surface area contributed by atoms with Crippen molar-refractivity contribution in [2.24, 2.45) is 9.98 Å². The van der Waals surface area contributed by atoms with Crippen LogP contribution in [0.5, 0.6) is 17.2 Å². The number of hydrogen-bond donors (Lipinski definition) is 7. The van der Waals surface area contributed by atoms with Crippen LogP contribution >= 0.6 is 107 Å². The topological polar surface area (TPSA) is 354 Å². The summed E-state index contributed by atoms with van der Waals surface area (Å²) in [5, 5.41) is 54.2. The fraction of sp³-hybridized carbons (Fsp3) is 0.357. The average Bonchev–Trinajstić information content (AvgIpc) is 1.70. The number of aliphatic imine (C=N–C) groups is 2. The number of nitrogens with zero attached hydrogens (tertiary/aromatic N) is 2. The quantitative estimate of drug-likeness (QED) is 0.0106. The van der Waals surface area contributed by atoms with Crippen LogP contribution in [0.1, 0.15) is 255 Å². The summed E-state index contributed by atoms with van der Waals surface area (Å²) < 4.78 is 33.6. The molecule has 0 aliphatic carbocycles. The second-order valence-electron chi connectivity index (χ2n) is 34.6. The van der Waals surface area contributed by atoms with Crippen LogP contribution < -0.4 is 16.0 Å². The number of rotatable bonds is 55. The molecule has 0 unspecified atom stereocenters. The van der Waals surface area contributed by atoms with Gasteiger partial charge in [0.15, 0.2) is 34.7 Å². The standard InChI is InChI=1S/C40H48N2O6S2.C36H39BrN2O6S2.C24H31NO5S.C12H9Cl2NOS/c1-6-7-21-47-23-24-48-22-20-41-39(46)30-11-8-28(9-12-30)10-17-33(43)35-18-19-36(50-35)34(44)25-42-27(2)32-26-49-38(37(32)45)29-13-15-31(16-14-29)40(3,4)5;1-3-4-18-44-20-21-45-19-17-38-36(43)27-8-5-25(6-9-27)7-14-30(40)32-15-16-33(47-32)31(41)22-39-24(2)29-23-46-35(34(29)42)26-10-12-28(37)13-11-26;1-3-4-14-29-16-17-30-15-13-25-24(28)20-8-5-19(6-9-20)7-10-21(27)23-12-11-22(31-23)18(2)26;1-6(15)8-5-17-12(11(8)16)7-2-3-9(13)10(14)4-7/h8-9,11-16,18-19,26,45H,6-7,10,17,20-25H2,1-5H3,(H,41,46);5-6,8-13,15-16,23,42H,3-4,7,14,17-22H2,1-2H3,(H,38,43);5-6,8-9,11-12H,3-4,7,10,13-17H2,1-2H3,(H,25,28);2-5,15-16H,1H3. The largest absolute Gasteiger partial charge is 0.506 e. The predicted molar refractivity (Wildman–Crippen MR) is 593 cm³/mol. The Morgan fingerprint density at radius 3 is 0.993 bits per heavy atom. The molecule has 0 spiro atoms. The minimum Gasteiger partial charge on any atom is -0.506 e. The Morgan fingerprint density at radius 1 is 0.372 bits per heavy atom. The van der Waals surface area contributed by atoms with Gasteiger partial charge >= 0.3 is 0 Å². The Kier molecular flexibility index (Phi) is 50.6. The van der Waals surface area contributed by atoms with Crippen LogP contribution in [0.25, 0.3) is 31.3 Å². The van der Waals surface area contributed by atoms with E-state index in [0.29, 0.717) is 199 Å². The van der Waals surface area contributed by atoms with Gasteiger partial charge in [-0.05, 0) is 208 Å². The lowest BCUT2D eigenvalue weighted by Gasteiger charge is -2.19. The number of halogens is 3. The second-order valence-corrected chi connectivity index (χ2v) is 42.3. The van der Waals surface area contributed by atoms with Crippen molar-refractivity contribution in [3.63, 3.8) is 0 Å². The number of thiophene rings is 6. The fourth-order valence-electron chi connectivity index (χ4n) is 13.8. The molecule has 0 atom stereocenters. The number of aryl methyl sites for hydroxylation is 3. The number of unbranched alkanes of at least 4 members (excludes halogenated alkanes) is 3. The molecule has 0 saturated carbocycles. The molecule has 7 N–H and O–H groups in total. The number of hydrogen-bond acceptors (Lipinski definition) is 27. The molecule has 12 aromatic rings. The number of nitrogens with one attached hydrogen (secondary N) is 4. The molecule has 770 valence electrons. The molecule has 0 radical (unpaired) electrons. The summed E-state index contributed by atoms with van der Waals surface area (Å²) >= 11 is 23.0. The average molecular weight is 2190 g/mol. The summed E-state index contributed by atoms with van der Waals surface area (Å²) in [5.41, 5.74) is 11.7. The van der Waals surface area contributed by atoms with E-state index in [9.17, 15) is 58.5 Å². The Hall–Kier alpha value is -10.8. The highest BCUT2D eigenvalue weighted by atomic mass is 79.9. The summed E-state index contributed by atoms with van der Waals surface area (Å²) in [6.45, 7) is 27.4. The first kappa shape index (κ1) is 118. The molecule has 12 rings (SSSR count). The number of carbonyl (C=O) groups is 9. The Bertz CT molecular complexity index is 6290. The zero-order valence-electron chi connectivity index (χ0n) is 83.4. The summed E-state index contributed by atoms with van der Waals surface area (Å²) in [4.78, 5) is 127. The third-order valence-corrected chi connectivity index (χ3v) is 30.3. The molecule has 0 bridgehead atoms. The zero-order valence-corrected chi connectivity index (χ0v) is 91.4. The lowest BCUT2D eigenvalue weighted by atomic mass is 9.86. The van der Waals surface area contributed by atoms with Crippen LogP contribution in [0.3, 0.4) is 0 Å². The van der Waals surface area contributed by atoms with Crippen molar-refractivity contribution in [3.05, 3.63) is 291 Å². The van der Waals surface area contributed by atoms with Crippen molar-refractivity contribution in [2.75, 3.05) is 112 Å². The van der Waals surface area contributed by atoms with Gasteiger partial charge in [-0.1, -0.05) is 179 Å². The Morgan fingerprint density at radius 2 is 0.676 bits per heavy atom. The number of ether oxygens (including phenoxy) is 6. The van der Waals surface area contributed by atoms with E-state index in [1.807, 2.05) is 83.6 Å². The van der Waals surface area contributed by atoms with Gasteiger partial charge in [-0.2, -0.15) is 0 Å². The molecule has 0 aliphatic rings. The monoisotopic (exact) mass is 2180 g/mol. The van der Waals surface area contributed by atoms with E-state index in [4.69, 9.17) is 57.0 Å². The van der Waals surface area contributed by atoms with Gasteiger partial charge in [0.25, 0.3) is 17.7 Å². The van der Waals surface area contributed by atoms with E-state index < -0.39 is 0 Å². The van der Waals surface area contributed by atoms with Crippen LogP contribution in [0.2, 0.25) is 10.0 Å². The van der Waals surface area contributed by atoms with E-state index >= 15 is 0 Å². The first-order chi connectivity index (χ1) is 69.7. The summed E-state index contributed by atoms with van der Waals surface area (Å²) in [6.07, 6.45) is 9.02. The smallest absolute Gasteiger partial charge is 0.251 e. The van der Waals surface area contributed by atoms with E-state index in [0.717, 1.165) is 106 Å². The predicted octanol–water partition coefficient (Wildman–Crippen LogP) is 25.7. The number of carbonyl (C=O) groups excluding carboxylic acids is 9. The third kappa shape index (κ3) is 39.1. The fourth-order valence-corrected chi connectivity index (χ4v) is 20.1. The van der Waals surface area contributed by atoms with Crippen molar-refractivity contribution in [3.8, 4) is 48.6 Å². The number of benzene rings is 6. The van der Waals surface area contributed by atoms with Crippen molar-refractivity contribution in [1.82, 2.24) is 16.0 Å². The molecule has 6 aromatic carbocycles. The van der Waals surface area contributed by atoms with Crippen LogP contribution in [-0.2, 0) is 53.1 Å². The zero-order chi connectivity index (χ0) is 105. The highest BCUT2D eigenvalue weighted by Gasteiger charge is 2.24. The molecule has 33 heteroatoms. The first-order valence-corrected chi connectivity index (χ1v) is 54.8. The number of ketones is 6. The molecule has 6 aromatic heterocycles. The van der Waals surface area contributed by atoms with E-state index in [-0.39, 0.29) is 101 Å². The summed E-state index contributed by atoms with van der Waals surface area (Å²) in [5.74, 6) is -0.535. The number of aromatic hydroxyl groups is 3. The lowest BCUT2D eigenvalue weighted by Crippen LogP contribution is -2.27. The van der Waals surface area contributed by atoms with Crippen molar-refractivity contribution in [1.29, 1.82) is 5.41 Å². The number of amides is 3. The Balaban J connectivity index is 0.000000228. The second kappa shape index (κ2) is 62.4. The van der Waals surface area contributed by atoms with Crippen molar-refractivity contribution >= 4 is 177 Å². The van der Waals surface area contributed by atoms with Gasteiger partial charge < -0.3 is 65.1 Å². The van der Waals surface area contributed by atoms with Crippen LogP contribution in [-0.4, -0.2) is 197 Å². The molecule has 6 heterocycles. The molecule has 0 fully saturated rings. The van der Waals surface area contributed by atoms with Gasteiger partial charge in [0.1, 0.15) is 30.3 Å². The molecule has 0 aliphatic heterocycles. The summed E-state index contributed by atoms with van der Waals surface area (Å²) in [7, 11) is 0. The Labute approximate surface area is 891 Å². The van der Waals surface area contributed by atoms with Crippen LogP contribution in [0, 0.1) is 5.41 Å². The van der Waals surface area contributed by atoms with E-state index in [1.54, 1.807) is 117 Å². The van der Waals surface area contributed by atoms with E-state index in [1.165, 1.54) is 80.5 Å². The molecule has 0 saturated heterocycles. The van der Waals surface area contributed by atoms with Crippen molar-refractivity contribution < 1.29 is 86.9 Å². The molecule has 145 heavy (non-hydrogen) atoms. The van der Waals surface area contributed by atoms with Crippen LogP contribution in [0.15, 0.2) is 207 Å². The maximum Gasteiger partial charge on any atom is 0.251 e. The lowest BCUT2D eigenvalue weighted by molar-refractivity contribution is 0.0472. The summed E-state index contributed by atoms with van der Waals surface area (Å²) in [6, 6.07) is 52.9. The maximum atomic E-state index is 13.0. The maximum absolute atomic E-state index is 13.0. The normalized spacial score (nSPS) is 11.4. The van der Waals surface area contributed by atoms with Crippen molar-refractivity contribution in [2.45, 2.75) is 152 Å². The molecular formula is C112H127BrCl2N6O18S6. The van der Waals surface area contributed by atoms with Gasteiger partial charge in [-0.3, -0.25) is 53.1 Å². The first-order valence-electron chi connectivity index (χ1n) is 48.1. The molecule has 3 amide bonds. The minimum atomic E-state index is -0.187. The SMILES string of the molecule is CC(=N)c1csc(-c2ccc(Cl)c(Cl)c2)c1O.CCCCOCCOCCNC(=O)c1ccc(CCC(=O)c2ccc(C(=O)CN=C(C)c3csc(-c4ccc(Br)cc4)c3O)s2)cc1.CCCCOCCOCCNC(=O)c1ccc(CCC(=O)c2ccc(C(=O)CN=C(C)c3csc(-c4ccc(C(C)(C)C)cc4)c3O)s2)cc1.CCCCOCCOCCNC(=O)c1ccc(CCC(=O)c2ccc(C(C)=O)s2)cc1. The highest BCUT2D eigenvalue weighted by molar-refractivity contribution is 9.10. The highest BCUT2D eigenvalue weighted by Crippen LogP contribution is 2.43. The third-order valence-electron chi connectivity index (χ3n) is 22.4. The van der Waals surface area contributed by atoms with Gasteiger partial charge in [0.2, 0.25) is 0 Å². The van der Waals surface area contributed by atoms with Gasteiger partial charge in [0, 0.05) is 130 Å².